The molecule has 1 fully saturated rings. The van der Waals surface area contributed by atoms with E-state index in [0.717, 1.165) is 25.5 Å². The molecular formula is C8H16N6. The number of nitrogens with zero attached hydrogens (tertiary/aromatic N) is 5. The van der Waals surface area contributed by atoms with Crippen molar-refractivity contribution < 1.29 is 0 Å². The van der Waals surface area contributed by atoms with Crippen LogP contribution in [0.2, 0.25) is 0 Å². The van der Waals surface area contributed by atoms with E-state index in [4.69, 9.17) is 5.73 Å². The van der Waals surface area contributed by atoms with Crippen LogP contribution in [0.5, 0.6) is 0 Å². The molecule has 0 aromatic carbocycles. The number of nitrogens with two attached hydrogens (primary N) is 1. The zero-order chi connectivity index (χ0) is 10.1. The highest BCUT2D eigenvalue weighted by Gasteiger charge is 2.30. The van der Waals surface area contributed by atoms with Gasteiger partial charge in [-0.2, -0.15) is 0 Å². The molecule has 0 bridgehead atoms. The van der Waals surface area contributed by atoms with Crippen LogP contribution in [-0.4, -0.2) is 39.3 Å². The molecule has 0 aliphatic carbocycles. The minimum absolute atomic E-state index is 0.247. The first-order valence-electron chi connectivity index (χ1n) is 4.95. The quantitative estimate of drug-likeness (QED) is 0.682. The van der Waals surface area contributed by atoms with Crippen molar-refractivity contribution in [2.75, 3.05) is 18.0 Å². The molecule has 6 nitrogen and oxygen atoms in total. The molecule has 1 aromatic rings. The van der Waals surface area contributed by atoms with Crippen LogP contribution < -0.4 is 10.6 Å². The molecule has 14 heavy (non-hydrogen) atoms. The molecule has 1 aliphatic heterocycles. The Hall–Kier alpha value is -1.17. The lowest BCUT2D eigenvalue weighted by Crippen LogP contribution is -2.30. The van der Waals surface area contributed by atoms with Crippen LogP contribution in [-0.2, 0) is 7.05 Å². The number of rotatable bonds is 2. The van der Waals surface area contributed by atoms with Gasteiger partial charge in [-0.05, 0) is 16.3 Å². The van der Waals surface area contributed by atoms with Crippen molar-refractivity contribution in [2.45, 2.75) is 19.4 Å². The lowest BCUT2D eigenvalue weighted by Gasteiger charge is -2.14. The molecule has 0 amide bonds. The van der Waals surface area contributed by atoms with E-state index in [0.29, 0.717) is 5.92 Å². The van der Waals surface area contributed by atoms with Crippen molar-refractivity contribution >= 4 is 5.95 Å². The van der Waals surface area contributed by atoms with Gasteiger partial charge in [0.25, 0.3) is 0 Å². The summed E-state index contributed by atoms with van der Waals surface area (Å²) >= 11 is 0. The van der Waals surface area contributed by atoms with Crippen molar-refractivity contribution in [1.82, 2.24) is 20.2 Å². The zero-order valence-corrected chi connectivity index (χ0v) is 8.59. The minimum Gasteiger partial charge on any atom is -0.338 e. The van der Waals surface area contributed by atoms with E-state index < -0.39 is 0 Å². The fraction of sp³-hybridized carbons (Fsp3) is 0.875. The molecule has 0 saturated carbocycles. The minimum atomic E-state index is 0.247. The molecule has 1 aliphatic rings. The van der Waals surface area contributed by atoms with Gasteiger partial charge in [-0.3, -0.25) is 0 Å². The summed E-state index contributed by atoms with van der Waals surface area (Å²) in [6.45, 7) is 3.99. The summed E-state index contributed by atoms with van der Waals surface area (Å²) in [5.41, 5.74) is 6.02. The SMILES string of the molecule is CCC1CN(c2nnnn2C)CC1N. The smallest absolute Gasteiger partial charge is 0.245 e. The van der Waals surface area contributed by atoms with Crippen LogP contribution >= 0.6 is 0 Å². The van der Waals surface area contributed by atoms with Crippen LogP contribution in [0.1, 0.15) is 13.3 Å². The summed E-state index contributed by atoms with van der Waals surface area (Å²) in [5.74, 6) is 1.38. The summed E-state index contributed by atoms with van der Waals surface area (Å²) in [6, 6.07) is 0.247. The Balaban J connectivity index is 2.12. The molecule has 1 aromatic heterocycles. The molecule has 0 radical (unpaired) electrons. The molecule has 2 N–H and O–H groups in total. The first-order valence-corrected chi connectivity index (χ1v) is 4.95. The number of tetrazole rings is 1. The summed E-state index contributed by atoms with van der Waals surface area (Å²) in [6.07, 6.45) is 1.11. The van der Waals surface area contributed by atoms with Crippen molar-refractivity contribution in [1.29, 1.82) is 0 Å². The molecule has 0 spiro atoms. The summed E-state index contributed by atoms with van der Waals surface area (Å²) in [4.78, 5) is 2.15. The normalized spacial score (nSPS) is 27.2. The van der Waals surface area contributed by atoms with Gasteiger partial charge in [0.05, 0.1) is 0 Å². The molecule has 78 valence electrons. The highest BCUT2D eigenvalue weighted by atomic mass is 15.6. The van der Waals surface area contributed by atoms with Crippen molar-refractivity contribution in [3.8, 4) is 0 Å². The molecule has 2 heterocycles. The van der Waals surface area contributed by atoms with Gasteiger partial charge >= 0.3 is 0 Å². The van der Waals surface area contributed by atoms with Gasteiger partial charge in [0.1, 0.15) is 0 Å². The molecule has 2 unspecified atom stereocenters. The average molecular weight is 196 g/mol. The zero-order valence-electron chi connectivity index (χ0n) is 8.59. The van der Waals surface area contributed by atoms with Gasteiger partial charge in [-0.15, -0.1) is 0 Å². The fourth-order valence-corrected chi connectivity index (χ4v) is 1.98. The van der Waals surface area contributed by atoms with Crippen molar-refractivity contribution in [3.63, 3.8) is 0 Å². The van der Waals surface area contributed by atoms with E-state index in [1.807, 2.05) is 7.05 Å². The van der Waals surface area contributed by atoms with E-state index >= 15 is 0 Å². The Labute approximate surface area is 83.1 Å². The molecule has 6 heteroatoms. The van der Waals surface area contributed by atoms with E-state index in [9.17, 15) is 0 Å². The van der Waals surface area contributed by atoms with E-state index in [1.165, 1.54) is 0 Å². The predicted octanol–water partition coefficient (Wildman–Crippen LogP) is -0.616. The molecular weight excluding hydrogens is 180 g/mol. The lowest BCUT2D eigenvalue weighted by molar-refractivity contribution is 0.500. The predicted molar refractivity (Wildman–Crippen MR) is 52.8 cm³/mol. The van der Waals surface area contributed by atoms with Gasteiger partial charge in [-0.1, -0.05) is 18.4 Å². The first kappa shape index (κ1) is 9.39. The second-order valence-electron chi connectivity index (χ2n) is 3.84. The maximum Gasteiger partial charge on any atom is 0.245 e. The number of hydrogen-bond donors (Lipinski definition) is 1. The maximum absolute atomic E-state index is 6.02. The molecule has 2 rings (SSSR count). The Morgan fingerprint density at radius 3 is 2.79 bits per heavy atom. The average Bonchev–Trinajstić information content (AvgIpc) is 2.71. The largest absolute Gasteiger partial charge is 0.338 e. The third kappa shape index (κ3) is 1.45. The monoisotopic (exact) mass is 196 g/mol. The number of aryl methyl sites for hydroxylation is 1. The van der Waals surface area contributed by atoms with Crippen molar-refractivity contribution in [3.05, 3.63) is 0 Å². The Kier molecular flexibility index (Phi) is 2.37. The van der Waals surface area contributed by atoms with Gasteiger partial charge in [0.15, 0.2) is 0 Å². The maximum atomic E-state index is 6.02. The second kappa shape index (κ2) is 3.53. The Bertz CT molecular complexity index is 309. The van der Waals surface area contributed by atoms with Gasteiger partial charge in [0.2, 0.25) is 5.95 Å². The van der Waals surface area contributed by atoms with Crippen LogP contribution in [0, 0.1) is 5.92 Å². The van der Waals surface area contributed by atoms with Crippen LogP contribution in [0.15, 0.2) is 0 Å². The van der Waals surface area contributed by atoms with E-state index in [2.05, 4.69) is 27.3 Å². The highest BCUT2D eigenvalue weighted by Crippen LogP contribution is 2.22. The van der Waals surface area contributed by atoms with Crippen LogP contribution in [0.3, 0.4) is 0 Å². The highest BCUT2D eigenvalue weighted by molar-refractivity contribution is 5.31. The number of anilines is 1. The molecule has 2 atom stereocenters. The van der Waals surface area contributed by atoms with Gasteiger partial charge in [0, 0.05) is 26.2 Å². The summed E-state index contributed by atoms with van der Waals surface area (Å²) in [7, 11) is 1.85. The van der Waals surface area contributed by atoms with Crippen LogP contribution in [0.4, 0.5) is 5.95 Å². The third-order valence-corrected chi connectivity index (χ3v) is 2.90. The van der Waals surface area contributed by atoms with Gasteiger partial charge in [-0.25, -0.2) is 4.68 Å². The fourth-order valence-electron chi connectivity index (χ4n) is 1.98. The molecule has 1 saturated heterocycles. The Morgan fingerprint density at radius 2 is 2.29 bits per heavy atom. The van der Waals surface area contributed by atoms with Crippen molar-refractivity contribution in [2.24, 2.45) is 18.7 Å². The topological polar surface area (TPSA) is 72.9 Å². The standard InChI is InChI=1S/C8H16N6/c1-3-6-4-14(5-7(6)9)8-10-11-12-13(8)2/h6-7H,3-5,9H2,1-2H3. The lowest BCUT2D eigenvalue weighted by atomic mass is 10.0. The third-order valence-electron chi connectivity index (χ3n) is 2.90. The number of aromatic nitrogens is 4. The summed E-state index contributed by atoms with van der Waals surface area (Å²) < 4.78 is 1.69. The summed E-state index contributed by atoms with van der Waals surface area (Å²) in [5, 5.41) is 11.4. The van der Waals surface area contributed by atoms with E-state index in [-0.39, 0.29) is 6.04 Å². The first-order chi connectivity index (χ1) is 6.72. The van der Waals surface area contributed by atoms with Gasteiger partial charge < -0.3 is 10.6 Å². The Morgan fingerprint density at radius 1 is 1.50 bits per heavy atom. The second-order valence-corrected chi connectivity index (χ2v) is 3.84. The number of hydrogen-bond acceptors (Lipinski definition) is 5. The van der Waals surface area contributed by atoms with Crippen LogP contribution in [0.25, 0.3) is 0 Å². The van der Waals surface area contributed by atoms with E-state index in [1.54, 1.807) is 4.68 Å².